The topological polar surface area (TPSA) is 63.2 Å². The summed E-state index contributed by atoms with van der Waals surface area (Å²) in [4.78, 5) is -0.00444. The standard InChI is InChI=1S/C13H16BrF3N4/c1-9(2)11-10(14)5-21(20-11)8-12(6-18,7-19)3-4-13(15,16)17/h9-10H,3-5,8H2,1-2H3. The third kappa shape index (κ3) is 4.89. The van der Waals surface area contributed by atoms with Gasteiger partial charge in [0.25, 0.3) is 0 Å². The van der Waals surface area contributed by atoms with E-state index in [1.54, 1.807) is 12.1 Å². The summed E-state index contributed by atoms with van der Waals surface area (Å²) >= 11 is 3.45. The number of nitriles is 2. The molecule has 1 heterocycles. The second-order valence-electron chi connectivity index (χ2n) is 5.42. The molecule has 1 aliphatic heterocycles. The number of rotatable bonds is 5. The lowest BCUT2D eigenvalue weighted by atomic mass is 9.86. The fraction of sp³-hybridized carbons (Fsp3) is 0.769. The van der Waals surface area contributed by atoms with Crippen LogP contribution < -0.4 is 0 Å². The second kappa shape index (κ2) is 6.65. The lowest BCUT2D eigenvalue weighted by Crippen LogP contribution is -2.34. The molecule has 21 heavy (non-hydrogen) atoms. The molecule has 0 saturated carbocycles. The molecule has 0 bridgehead atoms. The minimum Gasteiger partial charge on any atom is -0.293 e. The Hall–Kier alpha value is -1.28. The Balaban J connectivity index is 2.82. The Morgan fingerprint density at radius 2 is 1.90 bits per heavy atom. The predicted octanol–water partition coefficient (Wildman–Crippen LogP) is 3.45. The Morgan fingerprint density at radius 3 is 2.29 bits per heavy atom. The van der Waals surface area contributed by atoms with Gasteiger partial charge in [0.15, 0.2) is 5.41 Å². The molecule has 1 aliphatic rings. The molecule has 0 amide bonds. The maximum absolute atomic E-state index is 12.3. The number of hydrogen-bond acceptors (Lipinski definition) is 4. The van der Waals surface area contributed by atoms with Gasteiger partial charge < -0.3 is 0 Å². The minimum atomic E-state index is -4.38. The van der Waals surface area contributed by atoms with Crippen LogP contribution in [0.3, 0.4) is 0 Å². The summed E-state index contributed by atoms with van der Waals surface area (Å²) in [5.41, 5.74) is -0.825. The van der Waals surface area contributed by atoms with Crippen LogP contribution in [0.5, 0.6) is 0 Å². The molecule has 8 heteroatoms. The van der Waals surface area contributed by atoms with Gasteiger partial charge in [-0.25, -0.2) is 0 Å². The molecule has 4 nitrogen and oxygen atoms in total. The smallest absolute Gasteiger partial charge is 0.293 e. The number of nitrogens with zero attached hydrogens (tertiary/aromatic N) is 4. The van der Waals surface area contributed by atoms with Gasteiger partial charge in [0.1, 0.15) is 0 Å². The van der Waals surface area contributed by atoms with Gasteiger partial charge >= 0.3 is 6.18 Å². The van der Waals surface area contributed by atoms with Crippen molar-refractivity contribution in [2.24, 2.45) is 16.4 Å². The maximum atomic E-state index is 12.3. The van der Waals surface area contributed by atoms with E-state index in [1.807, 2.05) is 13.8 Å². The first-order chi connectivity index (χ1) is 9.62. The highest BCUT2D eigenvalue weighted by atomic mass is 79.9. The summed E-state index contributed by atoms with van der Waals surface area (Å²) < 4.78 is 37.0. The molecule has 0 radical (unpaired) electrons. The summed E-state index contributed by atoms with van der Waals surface area (Å²) in [5, 5.41) is 24.1. The van der Waals surface area contributed by atoms with Gasteiger partial charge in [-0.05, 0) is 12.3 Å². The van der Waals surface area contributed by atoms with E-state index in [4.69, 9.17) is 10.5 Å². The van der Waals surface area contributed by atoms with Crippen LogP contribution in [0.2, 0.25) is 0 Å². The molecule has 0 aromatic rings. The van der Waals surface area contributed by atoms with Crippen LogP contribution in [0.4, 0.5) is 13.2 Å². The van der Waals surface area contributed by atoms with Crippen molar-refractivity contribution in [1.29, 1.82) is 10.5 Å². The Morgan fingerprint density at radius 1 is 1.33 bits per heavy atom. The number of alkyl halides is 4. The molecule has 0 aromatic carbocycles. The predicted molar refractivity (Wildman–Crippen MR) is 75.5 cm³/mol. The average Bonchev–Trinajstić information content (AvgIpc) is 2.74. The highest BCUT2D eigenvalue weighted by Crippen LogP contribution is 2.32. The highest BCUT2D eigenvalue weighted by Gasteiger charge is 2.40. The fourth-order valence-electron chi connectivity index (χ4n) is 2.08. The van der Waals surface area contributed by atoms with E-state index in [1.165, 1.54) is 5.01 Å². The Kier molecular flexibility index (Phi) is 5.63. The van der Waals surface area contributed by atoms with E-state index in [0.717, 1.165) is 5.71 Å². The number of hydrogen-bond donors (Lipinski definition) is 0. The average molecular weight is 365 g/mol. The summed E-state index contributed by atoms with van der Waals surface area (Å²) in [6.45, 7) is 4.25. The zero-order valence-electron chi connectivity index (χ0n) is 11.8. The fourth-order valence-corrected chi connectivity index (χ4v) is 3.03. The molecule has 0 aliphatic carbocycles. The first kappa shape index (κ1) is 17.8. The lowest BCUT2D eigenvalue weighted by Gasteiger charge is -2.24. The van der Waals surface area contributed by atoms with Gasteiger partial charge in [-0.2, -0.15) is 28.8 Å². The van der Waals surface area contributed by atoms with Crippen LogP contribution in [-0.4, -0.2) is 34.8 Å². The van der Waals surface area contributed by atoms with Crippen molar-refractivity contribution < 1.29 is 13.2 Å². The van der Waals surface area contributed by atoms with E-state index < -0.39 is 24.4 Å². The first-order valence-electron chi connectivity index (χ1n) is 6.49. The van der Waals surface area contributed by atoms with E-state index in [-0.39, 0.29) is 17.3 Å². The van der Waals surface area contributed by atoms with Gasteiger partial charge in [-0.3, -0.25) is 5.01 Å². The van der Waals surface area contributed by atoms with Crippen molar-refractivity contribution in [2.75, 3.05) is 13.1 Å². The van der Waals surface area contributed by atoms with Crippen molar-refractivity contribution in [3.8, 4) is 12.1 Å². The highest BCUT2D eigenvalue weighted by molar-refractivity contribution is 9.10. The van der Waals surface area contributed by atoms with Crippen LogP contribution in [0.25, 0.3) is 0 Å². The minimum absolute atomic E-state index is 0.00444. The molecular weight excluding hydrogens is 349 g/mol. The van der Waals surface area contributed by atoms with Gasteiger partial charge in [-0.15, -0.1) is 0 Å². The molecule has 0 saturated heterocycles. The molecule has 1 unspecified atom stereocenters. The van der Waals surface area contributed by atoms with Crippen molar-refractivity contribution in [3.63, 3.8) is 0 Å². The lowest BCUT2D eigenvalue weighted by molar-refractivity contribution is -0.138. The largest absolute Gasteiger partial charge is 0.389 e. The molecule has 116 valence electrons. The first-order valence-corrected chi connectivity index (χ1v) is 7.41. The van der Waals surface area contributed by atoms with Crippen LogP contribution in [-0.2, 0) is 0 Å². The summed E-state index contributed by atoms with van der Waals surface area (Å²) in [6.07, 6.45) is -6.08. The zero-order chi connectivity index (χ0) is 16.3. The Labute approximate surface area is 130 Å². The van der Waals surface area contributed by atoms with Gasteiger partial charge in [-0.1, -0.05) is 29.8 Å². The molecular formula is C13H16BrF3N4. The number of hydrazone groups is 1. The third-order valence-electron chi connectivity index (χ3n) is 3.26. The second-order valence-corrected chi connectivity index (χ2v) is 6.52. The van der Waals surface area contributed by atoms with Crippen molar-refractivity contribution in [2.45, 2.75) is 37.7 Å². The SMILES string of the molecule is CC(C)C1=NN(CC(C#N)(C#N)CCC(F)(F)F)CC1Br. The monoisotopic (exact) mass is 364 g/mol. The van der Waals surface area contributed by atoms with Crippen LogP contribution in [0.15, 0.2) is 5.10 Å². The van der Waals surface area contributed by atoms with Crippen molar-refractivity contribution in [1.82, 2.24) is 5.01 Å². The van der Waals surface area contributed by atoms with E-state index in [2.05, 4.69) is 21.0 Å². The summed E-state index contributed by atoms with van der Waals surface area (Å²) in [6, 6.07) is 3.47. The third-order valence-corrected chi connectivity index (χ3v) is 4.01. The van der Waals surface area contributed by atoms with Crippen molar-refractivity contribution in [3.05, 3.63) is 0 Å². The molecule has 1 rings (SSSR count). The molecule has 0 N–H and O–H groups in total. The van der Waals surface area contributed by atoms with E-state index in [9.17, 15) is 13.2 Å². The van der Waals surface area contributed by atoms with Gasteiger partial charge in [0, 0.05) is 6.42 Å². The Bertz CT molecular complexity index is 473. The molecule has 0 aromatic heterocycles. The zero-order valence-corrected chi connectivity index (χ0v) is 13.4. The van der Waals surface area contributed by atoms with E-state index >= 15 is 0 Å². The van der Waals surface area contributed by atoms with Gasteiger partial charge in [0.2, 0.25) is 0 Å². The van der Waals surface area contributed by atoms with Crippen LogP contribution >= 0.6 is 15.9 Å². The molecule has 1 atom stereocenters. The van der Waals surface area contributed by atoms with Crippen LogP contribution in [0, 0.1) is 34.0 Å². The maximum Gasteiger partial charge on any atom is 0.389 e. The van der Waals surface area contributed by atoms with Crippen molar-refractivity contribution >= 4 is 21.6 Å². The molecule has 0 spiro atoms. The van der Waals surface area contributed by atoms with Crippen LogP contribution in [0.1, 0.15) is 26.7 Å². The number of halogens is 4. The summed E-state index contributed by atoms with van der Waals surface area (Å²) in [5.74, 6) is 0.188. The van der Waals surface area contributed by atoms with Gasteiger partial charge in [0.05, 0.1) is 35.8 Å². The quantitative estimate of drug-likeness (QED) is 0.701. The van der Waals surface area contributed by atoms with E-state index in [0.29, 0.717) is 6.54 Å². The molecule has 0 fully saturated rings. The summed E-state index contributed by atoms with van der Waals surface area (Å²) in [7, 11) is 0. The normalized spacial score (nSPS) is 19.4.